The predicted octanol–water partition coefficient (Wildman–Crippen LogP) is 1.41. The summed E-state index contributed by atoms with van der Waals surface area (Å²) in [6.07, 6.45) is 0.195. The van der Waals surface area contributed by atoms with Gasteiger partial charge in [-0.1, -0.05) is 12.2 Å². The average molecular weight is 223 g/mol. The first-order chi connectivity index (χ1) is 7.16. The van der Waals surface area contributed by atoms with E-state index in [1.807, 2.05) is 25.1 Å². The zero-order valence-corrected chi connectivity index (χ0v) is 9.34. The first-order valence-electron chi connectivity index (χ1n) is 4.81. The second-order valence-electron chi connectivity index (χ2n) is 3.62. The van der Waals surface area contributed by atoms with E-state index < -0.39 is 0 Å². The van der Waals surface area contributed by atoms with Gasteiger partial charge in [0.25, 0.3) is 0 Å². The summed E-state index contributed by atoms with van der Waals surface area (Å²) >= 11 is 4.93. The Morgan fingerprint density at radius 3 is 2.73 bits per heavy atom. The molecule has 0 atom stereocenters. The minimum Gasteiger partial charge on any atom is -0.486 e. The summed E-state index contributed by atoms with van der Waals surface area (Å²) in [4.78, 5) is 0.422. The first kappa shape index (κ1) is 10.4. The molecule has 0 saturated carbocycles. The standard InChI is InChI=1S/C11H13NO2S/c1-7-4-8(14-9-5-13-6-9)2-3-10(7)11(12)15/h2-4,9H,5-6H2,1H3,(H2,12,15). The van der Waals surface area contributed by atoms with Crippen LogP contribution in [-0.4, -0.2) is 24.3 Å². The van der Waals surface area contributed by atoms with Crippen molar-refractivity contribution in [2.24, 2.45) is 5.73 Å². The van der Waals surface area contributed by atoms with Gasteiger partial charge in [0.2, 0.25) is 0 Å². The van der Waals surface area contributed by atoms with Crippen LogP contribution in [0.5, 0.6) is 5.75 Å². The number of ether oxygens (including phenoxy) is 2. The SMILES string of the molecule is Cc1cc(OC2COC2)ccc1C(N)=S. The molecule has 1 aromatic carbocycles. The lowest BCUT2D eigenvalue weighted by atomic mass is 10.1. The van der Waals surface area contributed by atoms with Crippen LogP contribution in [0.2, 0.25) is 0 Å². The van der Waals surface area contributed by atoms with Crippen LogP contribution in [0, 0.1) is 6.92 Å². The van der Waals surface area contributed by atoms with Gasteiger partial charge in [0, 0.05) is 5.56 Å². The number of nitrogens with two attached hydrogens (primary N) is 1. The molecule has 1 heterocycles. The summed E-state index contributed by atoms with van der Waals surface area (Å²) in [6.45, 7) is 3.32. The average Bonchev–Trinajstić information content (AvgIpc) is 2.11. The Morgan fingerprint density at radius 2 is 2.27 bits per heavy atom. The van der Waals surface area contributed by atoms with Gasteiger partial charge < -0.3 is 15.2 Å². The second-order valence-corrected chi connectivity index (χ2v) is 4.06. The topological polar surface area (TPSA) is 44.5 Å². The van der Waals surface area contributed by atoms with Crippen molar-refractivity contribution < 1.29 is 9.47 Å². The molecule has 3 nitrogen and oxygen atoms in total. The lowest BCUT2D eigenvalue weighted by Gasteiger charge is -2.27. The van der Waals surface area contributed by atoms with Crippen molar-refractivity contribution >= 4 is 17.2 Å². The molecule has 1 aliphatic heterocycles. The third-order valence-electron chi connectivity index (χ3n) is 2.37. The molecule has 0 unspecified atom stereocenters. The molecule has 4 heteroatoms. The highest BCUT2D eigenvalue weighted by Crippen LogP contribution is 2.20. The summed E-state index contributed by atoms with van der Waals surface area (Å²) in [6, 6.07) is 5.74. The first-order valence-corrected chi connectivity index (χ1v) is 5.22. The Kier molecular flexibility index (Phi) is 2.88. The Balaban J connectivity index is 2.13. The van der Waals surface area contributed by atoms with Crippen LogP contribution < -0.4 is 10.5 Å². The Bertz CT molecular complexity index is 388. The molecule has 2 N–H and O–H groups in total. The summed E-state index contributed by atoms with van der Waals surface area (Å²) in [7, 11) is 0. The van der Waals surface area contributed by atoms with Crippen molar-refractivity contribution in [3.05, 3.63) is 29.3 Å². The smallest absolute Gasteiger partial charge is 0.145 e. The largest absolute Gasteiger partial charge is 0.486 e. The van der Waals surface area contributed by atoms with E-state index in [0.717, 1.165) is 16.9 Å². The van der Waals surface area contributed by atoms with Crippen LogP contribution in [0.3, 0.4) is 0 Å². The number of aryl methyl sites for hydroxylation is 1. The molecule has 0 spiro atoms. The number of thiocarbonyl (C=S) groups is 1. The van der Waals surface area contributed by atoms with Crippen LogP contribution in [0.4, 0.5) is 0 Å². The van der Waals surface area contributed by atoms with Gasteiger partial charge >= 0.3 is 0 Å². The predicted molar refractivity (Wildman–Crippen MR) is 62.3 cm³/mol. The fourth-order valence-electron chi connectivity index (χ4n) is 1.46. The number of rotatable bonds is 3. The number of hydrogen-bond acceptors (Lipinski definition) is 3. The molecule has 80 valence electrons. The monoisotopic (exact) mass is 223 g/mol. The molecule has 0 aromatic heterocycles. The Morgan fingerprint density at radius 1 is 1.53 bits per heavy atom. The summed E-state index contributed by atoms with van der Waals surface area (Å²) in [5, 5.41) is 0. The molecule has 0 radical (unpaired) electrons. The summed E-state index contributed by atoms with van der Waals surface area (Å²) in [5.41, 5.74) is 7.52. The van der Waals surface area contributed by atoms with E-state index in [2.05, 4.69) is 0 Å². The van der Waals surface area contributed by atoms with Crippen LogP contribution in [-0.2, 0) is 4.74 Å². The molecule has 0 aliphatic carbocycles. The molecule has 0 bridgehead atoms. The fourth-order valence-corrected chi connectivity index (χ4v) is 1.69. The molecular formula is C11H13NO2S. The molecule has 1 saturated heterocycles. The molecule has 0 amide bonds. The Hall–Kier alpha value is -1.13. The van der Waals surface area contributed by atoms with E-state index in [0.29, 0.717) is 18.2 Å². The highest BCUT2D eigenvalue weighted by molar-refractivity contribution is 7.80. The third-order valence-corrected chi connectivity index (χ3v) is 2.59. The van der Waals surface area contributed by atoms with E-state index in [-0.39, 0.29) is 6.10 Å². The molecule has 2 rings (SSSR count). The third kappa shape index (κ3) is 2.27. The molecule has 1 fully saturated rings. The van der Waals surface area contributed by atoms with Crippen molar-refractivity contribution in [3.63, 3.8) is 0 Å². The minimum atomic E-state index is 0.195. The maximum absolute atomic E-state index is 5.66. The van der Waals surface area contributed by atoms with Gasteiger partial charge in [0.05, 0.1) is 13.2 Å². The van der Waals surface area contributed by atoms with Gasteiger partial charge in [-0.25, -0.2) is 0 Å². The van der Waals surface area contributed by atoms with Crippen molar-refractivity contribution in [3.8, 4) is 5.75 Å². The van der Waals surface area contributed by atoms with Crippen molar-refractivity contribution in [1.82, 2.24) is 0 Å². The molecule has 1 aliphatic rings. The zero-order chi connectivity index (χ0) is 10.8. The van der Waals surface area contributed by atoms with Crippen molar-refractivity contribution in [1.29, 1.82) is 0 Å². The lowest BCUT2D eigenvalue weighted by molar-refractivity contribution is -0.0796. The maximum Gasteiger partial charge on any atom is 0.145 e. The number of benzene rings is 1. The van der Waals surface area contributed by atoms with Gasteiger partial charge in [0.15, 0.2) is 0 Å². The molecule has 1 aromatic rings. The maximum atomic E-state index is 5.66. The second kappa shape index (κ2) is 4.16. The quantitative estimate of drug-likeness (QED) is 0.787. The van der Waals surface area contributed by atoms with E-state index in [9.17, 15) is 0 Å². The molecular weight excluding hydrogens is 210 g/mol. The van der Waals surface area contributed by atoms with Crippen LogP contribution in [0.25, 0.3) is 0 Å². The normalized spacial score (nSPS) is 15.8. The van der Waals surface area contributed by atoms with Gasteiger partial charge in [-0.15, -0.1) is 0 Å². The van der Waals surface area contributed by atoms with E-state index >= 15 is 0 Å². The summed E-state index contributed by atoms with van der Waals surface area (Å²) in [5.74, 6) is 0.848. The van der Waals surface area contributed by atoms with Crippen LogP contribution in [0.15, 0.2) is 18.2 Å². The van der Waals surface area contributed by atoms with Gasteiger partial charge in [0.1, 0.15) is 16.8 Å². The highest BCUT2D eigenvalue weighted by Gasteiger charge is 2.20. The minimum absolute atomic E-state index is 0.195. The van der Waals surface area contributed by atoms with Gasteiger partial charge in [-0.05, 0) is 30.7 Å². The number of hydrogen-bond donors (Lipinski definition) is 1. The van der Waals surface area contributed by atoms with Crippen molar-refractivity contribution in [2.75, 3.05) is 13.2 Å². The van der Waals surface area contributed by atoms with E-state index in [4.69, 9.17) is 27.4 Å². The van der Waals surface area contributed by atoms with Gasteiger partial charge in [-0.3, -0.25) is 0 Å². The van der Waals surface area contributed by atoms with E-state index in [1.165, 1.54) is 0 Å². The Labute approximate surface area is 94.2 Å². The zero-order valence-electron chi connectivity index (χ0n) is 8.53. The van der Waals surface area contributed by atoms with Gasteiger partial charge in [-0.2, -0.15) is 0 Å². The fraction of sp³-hybridized carbons (Fsp3) is 0.364. The van der Waals surface area contributed by atoms with E-state index in [1.54, 1.807) is 0 Å². The van der Waals surface area contributed by atoms with Crippen LogP contribution in [0.1, 0.15) is 11.1 Å². The highest BCUT2D eigenvalue weighted by atomic mass is 32.1. The lowest BCUT2D eigenvalue weighted by Crippen LogP contribution is -2.38. The van der Waals surface area contributed by atoms with Crippen molar-refractivity contribution in [2.45, 2.75) is 13.0 Å². The summed E-state index contributed by atoms with van der Waals surface area (Å²) < 4.78 is 10.7. The molecule has 15 heavy (non-hydrogen) atoms. The van der Waals surface area contributed by atoms with Crippen LogP contribution >= 0.6 is 12.2 Å².